The first-order valence-electron chi connectivity index (χ1n) is 4.03. The first-order chi connectivity index (χ1) is 6.29. The Bertz CT molecular complexity index is 330. The van der Waals surface area contributed by atoms with Crippen molar-refractivity contribution in [1.29, 1.82) is 5.26 Å². The van der Waals surface area contributed by atoms with Gasteiger partial charge in [0.05, 0.1) is 5.56 Å². The van der Waals surface area contributed by atoms with E-state index in [1.807, 2.05) is 6.07 Å². The number of hydrogen-bond acceptors (Lipinski definition) is 1. The van der Waals surface area contributed by atoms with Crippen LogP contribution in [-0.2, 0) is 6.42 Å². The zero-order valence-electron chi connectivity index (χ0n) is 7.06. The first kappa shape index (κ1) is 10.2. The second kappa shape index (κ2) is 4.98. The van der Waals surface area contributed by atoms with Gasteiger partial charge >= 0.3 is 0 Å². The van der Waals surface area contributed by atoms with E-state index in [1.165, 1.54) is 6.07 Å². The molecule has 0 aliphatic heterocycles. The van der Waals surface area contributed by atoms with Crippen LogP contribution in [0, 0.1) is 17.1 Å². The van der Waals surface area contributed by atoms with Crippen molar-refractivity contribution in [2.75, 3.05) is 5.33 Å². The van der Waals surface area contributed by atoms with Crippen LogP contribution in [0.25, 0.3) is 0 Å². The zero-order chi connectivity index (χ0) is 9.68. The molecule has 1 aromatic carbocycles. The Hall–Kier alpha value is -0.880. The summed E-state index contributed by atoms with van der Waals surface area (Å²) in [6.07, 6.45) is 1.55. The molecule has 1 rings (SSSR count). The van der Waals surface area contributed by atoms with Gasteiger partial charge in [-0.25, -0.2) is 4.39 Å². The summed E-state index contributed by atoms with van der Waals surface area (Å²) >= 11 is 3.28. The summed E-state index contributed by atoms with van der Waals surface area (Å²) in [5.74, 6) is -0.369. The molecule has 0 aliphatic carbocycles. The van der Waals surface area contributed by atoms with Gasteiger partial charge < -0.3 is 0 Å². The maximum Gasteiger partial charge on any atom is 0.144 e. The molecule has 3 heteroatoms. The number of nitrogens with zero attached hydrogens (tertiary/aromatic N) is 1. The molecule has 0 aliphatic rings. The van der Waals surface area contributed by atoms with Crippen LogP contribution in [-0.4, -0.2) is 5.33 Å². The summed E-state index contributed by atoms with van der Waals surface area (Å²) in [5.41, 5.74) is 0.755. The number of nitriles is 1. The van der Waals surface area contributed by atoms with Crippen LogP contribution in [0.1, 0.15) is 17.5 Å². The third-order valence-electron chi connectivity index (χ3n) is 1.78. The quantitative estimate of drug-likeness (QED) is 0.747. The largest absolute Gasteiger partial charge is 0.205 e. The van der Waals surface area contributed by atoms with Crippen LogP contribution < -0.4 is 0 Å². The molecule has 0 N–H and O–H groups in total. The number of halogens is 2. The fourth-order valence-corrected chi connectivity index (χ4v) is 1.40. The molecule has 0 atom stereocenters. The van der Waals surface area contributed by atoms with Gasteiger partial charge in [-0.1, -0.05) is 28.1 Å². The van der Waals surface area contributed by atoms with Crippen molar-refractivity contribution in [3.63, 3.8) is 0 Å². The Morgan fingerprint density at radius 2 is 2.23 bits per heavy atom. The normalized spacial score (nSPS) is 9.62. The zero-order valence-corrected chi connectivity index (χ0v) is 8.64. The van der Waals surface area contributed by atoms with Gasteiger partial charge in [0.25, 0.3) is 0 Å². The van der Waals surface area contributed by atoms with Crippen LogP contribution >= 0.6 is 15.9 Å². The molecular formula is C10H9BrFN. The minimum Gasteiger partial charge on any atom is -0.205 e. The molecule has 0 amide bonds. The predicted molar refractivity (Wildman–Crippen MR) is 53.2 cm³/mol. The van der Waals surface area contributed by atoms with Crippen molar-refractivity contribution in [3.8, 4) is 6.07 Å². The summed E-state index contributed by atoms with van der Waals surface area (Å²) in [6.45, 7) is 0. The highest BCUT2D eigenvalue weighted by Gasteiger charge is 2.05. The van der Waals surface area contributed by atoms with Gasteiger partial charge in [-0.05, 0) is 24.5 Å². The van der Waals surface area contributed by atoms with Crippen molar-refractivity contribution < 1.29 is 4.39 Å². The smallest absolute Gasteiger partial charge is 0.144 e. The Kier molecular flexibility index (Phi) is 3.91. The molecule has 68 valence electrons. The molecular weight excluding hydrogens is 233 g/mol. The van der Waals surface area contributed by atoms with Crippen molar-refractivity contribution in [1.82, 2.24) is 0 Å². The van der Waals surface area contributed by atoms with Crippen molar-refractivity contribution in [2.45, 2.75) is 12.8 Å². The minimum atomic E-state index is -0.369. The average Bonchev–Trinajstić information content (AvgIpc) is 2.16. The Morgan fingerprint density at radius 3 is 2.85 bits per heavy atom. The highest BCUT2D eigenvalue weighted by molar-refractivity contribution is 9.09. The standard InChI is InChI=1S/C10H9BrFN/c11-6-2-5-8-3-1-4-9(7-13)10(8)12/h1,3-4H,2,5-6H2. The summed E-state index contributed by atoms with van der Waals surface area (Å²) in [4.78, 5) is 0. The molecule has 0 spiro atoms. The number of rotatable bonds is 3. The Labute approximate surface area is 85.3 Å². The van der Waals surface area contributed by atoms with Crippen LogP contribution in [0.15, 0.2) is 18.2 Å². The second-order valence-electron chi connectivity index (χ2n) is 2.68. The molecule has 0 saturated heterocycles. The fourth-order valence-electron chi connectivity index (χ4n) is 1.12. The maximum absolute atomic E-state index is 13.4. The van der Waals surface area contributed by atoms with Gasteiger partial charge in [-0.2, -0.15) is 5.26 Å². The van der Waals surface area contributed by atoms with Crippen LogP contribution in [0.3, 0.4) is 0 Å². The SMILES string of the molecule is N#Cc1cccc(CCCBr)c1F. The molecule has 0 bridgehead atoms. The van der Waals surface area contributed by atoms with Crippen molar-refractivity contribution in [3.05, 3.63) is 35.1 Å². The number of alkyl halides is 1. The molecule has 0 fully saturated rings. The maximum atomic E-state index is 13.4. The average molecular weight is 242 g/mol. The predicted octanol–water partition coefficient (Wildman–Crippen LogP) is 3.02. The van der Waals surface area contributed by atoms with Gasteiger partial charge in [0.2, 0.25) is 0 Å². The van der Waals surface area contributed by atoms with E-state index in [0.717, 1.165) is 11.8 Å². The molecule has 0 aromatic heterocycles. The van der Waals surface area contributed by atoms with E-state index < -0.39 is 0 Å². The lowest BCUT2D eigenvalue weighted by molar-refractivity contribution is 0.604. The van der Waals surface area contributed by atoms with E-state index in [0.29, 0.717) is 12.0 Å². The molecule has 1 nitrogen and oxygen atoms in total. The van der Waals surface area contributed by atoms with E-state index in [4.69, 9.17) is 5.26 Å². The third kappa shape index (κ3) is 2.53. The van der Waals surface area contributed by atoms with E-state index in [9.17, 15) is 4.39 Å². The summed E-state index contributed by atoms with van der Waals surface area (Å²) in [6, 6.07) is 6.75. The molecule has 0 unspecified atom stereocenters. The molecule has 13 heavy (non-hydrogen) atoms. The minimum absolute atomic E-state index is 0.132. The lowest BCUT2D eigenvalue weighted by Gasteiger charge is -2.01. The highest BCUT2D eigenvalue weighted by atomic mass is 79.9. The number of benzene rings is 1. The first-order valence-corrected chi connectivity index (χ1v) is 5.15. The van der Waals surface area contributed by atoms with Gasteiger partial charge in [0.1, 0.15) is 11.9 Å². The molecule has 0 heterocycles. The van der Waals surface area contributed by atoms with E-state index >= 15 is 0 Å². The van der Waals surface area contributed by atoms with Crippen LogP contribution in [0.2, 0.25) is 0 Å². The number of hydrogen-bond donors (Lipinski definition) is 0. The molecule has 0 radical (unpaired) electrons. The van der Waals surface area contributed by atoms with Gasteiger partial charge in [-0.15, -0.1) is 0 Å². The van der Waals surface area contributed by atoms with Crippen molar-refractivity contribution in [2.24, 2.45) is 0 Å². The summed E-state index contributed by atoms with van der Waals surface area (Å²) < 4.78 is 13.4. The van der Waals surface area contributed by atoms with Gasteiger partial charge in [-0.3, -0.25) is 0 Å². The summed E-state index contributed by atoms with van der Waals surface area (Å²) in [5, 5.41) is 9.42. The van der Waals surface area contributed by atoms with Crippen molar-refractivity contribution >= 4 is 15.9 Å². The van der Waals surface area contributed by atoms with Crippen LogP contribution in [0.4, 0.5) is 4.39 Å². The van der Waals surface area contributed by atoms with Gasteiger partial charge in [0, 0.05) is 5.33 Å². The topological polar surface area (TPSA) is 23.8 Å². The summed E-state index contributed by atoms with van der Waals surface area (Å²) in [7, 11) is 0. The highest BCUT2D eigenvalue weighted by Crippen LogP contribution is 2.14. The third-order valence-corrected chi connectivity index (χ3v) is 2.34. The van der Waals surface area contributed by atoms with Crippen LogP contribution in [0.5, 0.6) is 0 Å². The molecule has 0 saturated carbocycles. The van der Waals surface area contributed by atoms with E-state index in [-0.39, 0.29) is 11.4 Å². The Balaban J connectivity index is 2.90. The molecule has 1 aromatic rings. The Morgan fingerprint density at radius 1 is 1.46 bits per heavy atom. The van der Waals surface area contributed by atoms with E-state index in [1.54, 1.807) is 12.1 Å². The lowest BCUT2D eigenvalue weighted by atomic mass is 10.1. The lowest BCUT2D eigenvalue weighted by Crippen LogP contribution is -1.94. The monoisotopic (exact) mass is 241 g/mol. The van der Waals surface area contributed by atoms with E-state index in [2.05, 4.69) is 15.9 Å². The second-order valence-corrected chi connectivity index (χ2v) is 3.48. The number of aryl methyl sites for hydroxylation is 1. The van der Waals surface area contributed by atoms with Gasteiger partial charge in [0.15, 0.2) is 0 Å². The fraction of sp³-hybridized carbons (Fsp3) is 0.300.